The number of hydrogen-bond acceptors (Lipinski definition) is 1. The van der Waals surface area contributed by atoms with Gasteiger partial charge in [-0.2, -0.15) is 0 Å². The van der Waals surface area contributed by atoms with Crippen LogP contribution in [-0.2, 0) is 6.42 Å². The van der Waals surface area contributed by atoms with Crippen LogP contribution in [0.4, 0.5) is 8.78 Å². The molecule has 1 unspecified atom stereocenters. The van der Waals surface area contributed by atoms with Crippen molar-refractivity contribution in [2.24, 2.45) is 0 Å². The van der Waals surface area contributed by atoms with Crippen molar-refractivity contribution >= 4 is 34.2 Å². The maximum Gasteiger partial charge on any atom is 0.127 e. The molecule has 2 aromatic rings. The Morgan fingerprint density at radius 2 is 1.95 bits per heavy atom. The molecule has 0 bridgehead atoms. The van der Waals surface area contributed by atoms with Crippen molar-refractivity contribution in [2.45, 2.75) is 19.4 Å². The lowest BCUT2D eigenvalue weighted by Crippen LogP contribution is -2.24. The third-order valence-electron chi connectivity index (χ3n) is 3.23. The van der Waals surface area contributed by atoms with E-state index in [-0.39, 0.29) is 17.7 Å². The molecule has 0 aromatic heterocycles. The SMILES string of the molecule is CCNC(Cc1ccc(Cl)cc1F)c1ccc(F)cc1I. The van der Waals surface area contributed by atoms with Crippen LogP contribution >= 0.6 is 34.2 Å². The van der Waals surface area contributed by atoms with Gasteiger partial charge in [-0.3, -0.25) is 0 Å². The quantitative estimate of drug-likeness (QED) is 0.661. The van der Waals surface area contributed by atoms with Crippen LogP contribution < -0.4 is 5.32 Å². The van der Waals surface area contributed by atoms with Gasteiger partial charge in [0.1, 0.15) is 11.6 Å². The van der Waals surface area contributed by atoms with Gasteiger partial charge >= 0.3 is 0 Å². The summed E-state index contributed by atoms with van der Waals surface area (Å²) in [6.45, 7) is 2.73. The Morgan fingerprint density at radius 1 is 1.19 bits per heavy atom. The first-order valence-electron chi connectivity index (χ1n) is 6.63. The molecule has 112 valence electrons. The van der Waals surface area contributed by atoms with Crippen molar-refractivity contribution in [3.05, 3.63) is 67.8 Å². The molecular formula is C16H15ClF2IN. The lowest BCUT2D eigenvalue weighted by Gasteiger charge is -2.20. The monoisotopic (exact) mass is 421 g/mol. The zero-order valence-electron chi connectivity index (χ0n) is 11.5. The first-order valence-corrected chi connectivity index (χ1v) is 8.09. The van der Waals surface area contributed by atoms with E-state index < -0.39 is 0 Å². The molecule has 21 heavy (non-hydrogen) atoms. The molecule has 2 rings (SSSR count). The lowest BCUT2D eigenvalue weighted by molar-refractivity contribution is 0.524. The second-order valence-corrected chi connectivity index (χ2v) is 6.31. The molecule has 0 fully saturated rings. The van der Waals surface area contributed by atoms with Crippen molar-refractivity contribution in [1.29, 1.82) is 0 Å². The Balaban J connectivity index is 2.30. The van der Waals surface area contributed by atoms with Crippen molar-refractivity contribution in [1.82, 2.24) is 5.32 Å². The van der Waals surface area contributed by atoms with Crippen LogP contribution in [0, 0.1) is 15.2 Å². The van der Waals surface area contributed by atoms with Crippen LogP contribution in [0.3, 0.4) is 0 Å². The van der Waals surface area contributed by atoms with Crippen molar-refractivity contribution < 1.29 is 8.78 Å². The fourth-order valence-corrected chi connectivity index (χ4v) is 3.24. The van der Waals surface area contributed by atoms with Gasteiger partial charge in [-0.15, -0.1) is 0 Å². The van der Waals surface area contributed by atoms with E-state index in [1.807, 2.05) is 6.92 Å². The molecule has 0 saturated heterocycles. The summed E-state index contributed by atoms with van der Waals surface area (Å²) in [7, 11) is 0. The lowest BCUT2D eigenvalue weighted by atomic mass is 9.98. The average molecular weight is 422 g/mol. The Hall–Kier alpha value is -0.720. The number of nitrogens with one attached hydrogen (secondary N) is 1. The molecule has 1 N–H and O–H groups in total. The van der Waals surface area contributed by atoms with E-state index >= 15 is 0 Å². The number of benzene rings is 2. The highest BCUT2D eigenvalue weighted by atomic mass is 127. The van der Waals surface area contributed by atoms with Crippen LogP contribution in [0.15, 0.2) is 36.4 Å². The van der Waals surface area contributed by atoms with Crippen LogP contribution in [0.25, 0.3) is 0 Å². The predicted molar refractivity (Wildman–Crippen MR) is 90.6 cm³/mol. The predicted octanol–water partition coefficient (Wildman–Crippen LogP) is 5.12. The molecule has 0 aliphatic rings. The molecule has 0 spiro atoms. The Labute approximate surface area is 141 Å². The third kappa shape index (κ3) is 4.37. The summed E-state index contributed by atoms with van der Waals surface area (Å²) in [6.07, 6.45) is 0.485. The summed E-state index contributed by atoms with van der Waals surface area (Å²) in [6, 6.07) is 9.28. The Bertz CT molecular complexity index is 634. The van der Waals surface area contributed by atoms with Gasteiger partial charge in [0.2, 0.25) is 0 Å². The number of hydrogen-bond donors (Lipinski definition) is 1. The summed E-state index contributed by atoms with van der Waals surface area (Å²) >= 11 is 7.88. The molecule has 0 saturated carbocycles. The van der Waals surface area contributed by atoms with Gasteiger partial charge in [0.25, 0.3) is 0 Å². The van der Waals surface area contributed by atoms with Crippen LogP contribution in [0.2, 0.25) is 5.02 Å². The standard InChI is InChI=1S/C16H15ClF2IN/c1-2-21-16(13-6-5-12(18)9-15(13)20)7-10-3-4-11(17)8-14(10)19/h3-6,8-9,16,21H,2,7H2,1H3. The summed E-state index contributed by atoms with van der Waals surface area (Å²) in [5, 5.41) is 3.70. The largest absolute Gasteiger partial charge is 0.310 e. The van der Waals surface area contributed by atoms with E-state index in [2.05, 4.69) is 27.9 Å². The highest BCUT2D eigenvalue weighted by Crippen LogP contribution is 2.26. The molecule has 0 radical (unpaired) electrons. The molecule has 2 aromatic carbocycles. The van der Waals surface area contributed by atoms with Gasteiger partial charge in [0, 0.05) is 14.6 Å². The second kappa shape index (κ2) is 7.51. The number of halogens is 4. The van der Waals surface area contributed by atoms with E-state index in [0.29, 0.717) is 17.0 Å². The summed E-state index contributed by atoms with van der Waals surface area (Å²) in [5.41, 5.74) is 1.55. The van der Waals surface area contributed by atoms with Crippen molar-refractivity contribution in [3.63, 3.8) is 0 Å². The molecule has 1 nitrogen and oxygen atoms in total. The minimum Gasteiger partial charge on any atom is -0.310 e. The van der Waals surface area contributed by atoms with Crippen LogP contribution in [-0.4, -0.2) is 6.54 Å². The molecule has 0 heterocycles. The molecule has 5 heteroatoms. The molecule has 0 amide bonds. The second-order valence-electron chi connectivity index (χ2n) is 4.72. The molecule has 1 atom stereocenters. The maximum atomic E-state index is 14.0. The summed E-state index contributed by atoms with van der Waals surface area (Å²) < 4.78 is 28.0. The van der Waals surface area contributed by atoms with Crippen LogP contribution in [0.1, 0.15) is 24.1 Å². The zero-order valence-corrected chi connectivity index (χ0v) is 14.4. The van der Waals surface area contributed by atoms with Gasteiger partial charge < -0.3 is 5.32 Å². The van der Waals surface area contributed by atoms with Gasteiger partial charge in [0.05, 0.1) is 0 Å². The Kier molecular flexibility index (Phi) is 5.96. The van der Waals surface area contributed by atoms with Gasteiger partial charge in [-0.1, -0.05) is 30.7 Å². The third-order valence-corrected chi connectivity index (χ3v) is 4.40. The van der Waals surface area contributed by atoms with E-state index in [4.69, 9.17) is 11.6 Å². The first kappa shape index (κ1) is 16.6. The van der Waals surface area contributed by atoms with Crippen LogP contribution in [0.5, 0.6) is 0 Å². The molecular weight excluding hydrogens is 407 g/mol. The normalized spacial score (nSPS) is 12.4. The zero-order chi connectivity index (χ0) is 15.4. The van der Waals surface area contributed by atoms with Gasteiger partial charge in [-0.05, 0) is 70.9 Å². The number of likely N-dealkylation sites (N-methyl/N-ethyl adjacent to an activating group) is 1. The fourth-order valence-electron chi connectivity index (χ4n) is 2.23. The summed E-state index contributed by atoms with van der Waals surface area (Å²) in [4.78, 5) is 0. The first-order chi connectivity index (χ1) is 10.0. The van der Waals surface area contributed by atoms with E-state index in [1.54, 1.807) is 18.2 Å². The van der Waals surface area contributed by atoms with Gasteiger partial charge in [0.15, 0.2) is 0 Å². The summed E-state index contributed by atoms with van der Waals surface area (Å²) in [5.74, 6) is -0.585. The smallest absolute Gasteiger partial charge is 0.127 e. The maximum absolute atomic E-state index is 14.0. The average Bonchev–Trinajstić information content (AvgIpc) is 2.41. The highest BCUT2D eigenvalue weighted by molar-refractivity contribution is 14.1. The van der Waals surface area contributed by atoms with E-state index in [9.17, 15) is 8.78 Å². The fraction of sp³-hybridized carbons (Fsp3) is 0.250. The minimum absolute atomic E-state index is 0.0711. The minimum atomic E-state index is -0.317. The molecule has 0 aliphatic heterocycles. The number of rotatable bonds is 5. The topological polar surface area (TPSA) is 12.0 Å². The highest BCUT2D eigenvalue weighted by Gasteiger charge is 2.16. The molecule has 0 aliphatic carbocycles. The Morgan fingerprint density at radius 3 is 2.57 bits per heavy atom. The van der Waals surface area contributed by atoms with Crippen molar-refractivity contribution in [3.8, 4) is 0 Å². The van der Waals surface area contributed by atoms with E-state index in [1.165, 1.54) is 18.2 Å². The van der Waals surface area contributed by atoms with E-state index in [0.717, 1.165) is 15.7 Å². The van der Waals surface area contributed by atoms with Crippen molar-refractivity contribution in [2.75, 3.05) is 6.54 Å². The van der Waals surface area contributed by atoms with Gasteiger partial charge in [-0.25, -0.2) is 8.78 Å².